The molecule has 1 fully saturated rings. The molecule has 0 radical (unpaired) electrons. The summed E-state index contributed by atoms with van der Waals surface area (Å²) in [5.41, 5.74) is 1.66. The number of likely N-dealkylation sites (tertiary alicyclic amines) is 1. The molecular weight excluding hydrogens is 466 g/mol. The van der Waals surface area contributed by atoms with Crippen molar-refractivity contribution in [1.29, 1.82) is 0 Å². The van der Waals surface area contributed by atoms with Crippen LogP contribution < -0.4 is 4.74 Å². The second-order valence-corrected chi connectivity index (χ2v) is 10.1. The van der Waals surface area contributed by atoms with E-state index < -0.39 is 12.1 Å². The molecule has 188 valence electrons. The fourth-order valence-corrected chi connectivity index (χ4v) is 5.72. The third-order valence-corrected chi connectivity index (χ3v) is 7.76. The second kappa shape index (κ2) is 12.4. The molecule has 0 aliphatic carbocycles. The summed E-state index contributed by atoms with van der Waals surface area (Å²) >= 11 is 1.60. The van der Waals surface area contributed by atoms with Gasteiger partial charge in [0, 0.05) is 30.3 Å². The van der Waals surface area contributed by atoms with E-state index in [9.17, 15) is 15.0 Å². The minimum Gasteiger partial charge on any atom is -0.497 e. The van der Waals surface area contributed by atoms with Crippen LogP contribution in [0.1, 0.15) is 43.8 Å². The molecule has 3 atom stereocenters. The Hall–Kier alpha value is -2.62. The molecule has 35 heavy (non-hydrogen) atoms. The van der Waals surface area contributed by atoms with Crippen LogP contribution >= 0.6 is 11.8 Å². The van der Waals surface area contributed by atoms with Gasteiger partial charge >= 0.3 is 5.97 Å². The molecule has 3 aromatic rings. The van der Waals surface area contributed by atoms with Crippen molar-refractivity contribution in [1.82, 2.24) is 14.9 Å². The molecular formula is C26H33N3O5S. The molecule has 0 amide bonds. The van der Waals surface area contributed by atoms with Crippen LogP contribution in [0.4, 0.5) is 0 Å². The third-order valence-electron chi connectivity index (χ3n) is 6.82. The van der Waals surface area contributed by atoms with Crippen molar-refractivity contribution in [2.45, 2.75) is 43.4 Å². The Labute approximate surface area is 209 Å². The maximum absolute atomic E-state index is 11.6. The van der Waals surface area contributed by atoms with Crippen molar-refractivity contribution in [3.63, 3.8) is 0 Å². The van der Waals surface area contributed by atoms with Gasteiger partial charge in [0.25, 0.3) is 5.22 Å². The first-order valence-electron chi connectivity index (χ1n) is 12.1. The topological polar surface area (TPSA) is 109 Å². The first kappa shape index (κ1) is 25.5. The van der Waals surface area contributed by atoms with E-state index in [-0.39, 0.29) is 18.3 Å². The molecule has 1 aliphatic rings. The van der Waals surface area contributed by atoms with Gasteiger partial charge in [0.1, 0.15) is 12.0 Å². The number of aliphatic hydroxyl groups excluding tert-OH is 1. The first-order valence-corrected chi connectivity index (χ1v) is 13.1. The molecule has 0 saturated carbocycles. The van der Waals surface area contributed by atoms with Crippen LogP contribution in [-0.4, -0.2) is 63.5 Å². The van der Waals surface area contributed by atoms with E-state index in [1.54, 1.807) is 37.5 Å². The maximum Gasteiger partial charge on any atom is 0.303 e. The predicted octanol–water partition coefficient (Wildman–Crippen LogP) is 4.64. The first-order chi connectivity index (χ1) is 17.0. The van der Waals surface area contributed by atoms with Crippen molar-refractivity contribution in [2.75, 3.05) is 32.5 Å². The van der Waals surface area contributed by atoms with Gasteiger partial charge in [-0.05, 0) is 80.4 Å². The van der Waals surface area contributed by atoms with Crippen molar-refractivity contribution < 1.29 is 24.2 Å². The van der Waals surface area contributed by atoms with E-state index in [0.717, 1.165) is 66.9 Å². The van der Waals surface area contributed by atoms with Gasteiger partial charge in [-0.25, -0.2) is 4.98 Å². The average molecular weight is 500 g/mol. The van der Waals surface area contributed by atoms with Gasteiger partial charge in [-0.3, -0.25) is 9.78 Å². The molecule has 0 unspecified atom stereocenters. The summed E-state index contributed by atoms with van der Waals surface area (Å²) in [6, 6.07) is 7.53. The Kier molecular flexibility index (Phi) is 9.01. The van der Waals surface area contributed by atoms with E-state index in [1.807, 2.05) is 24.3 Å². The van der Waals surface area contributed by atoms with Crippen LogP contribution in [0.5, 0.6) is 5.75 Å². The number of rotatable bonds is 12. The number of thioether (sulfide) groups is 1. The molecule has 0 bridgehead atoms. The third kappa shape index (κ3) is 6.96. The number of aliphatic hydroxyl groups is 1. The zero-order valence-electron chi connectivity index (χ0n) is 20.0. The maximum atomic E-state index is 11.6. The van der Waals surface area contributed by atoms with Gasteiger partial charge in [0.15, 0.2) is 0 Å². The largest absolute Gasteiger partial charge is 0.497 e. The second-order valence-electron chi connectivity index (χ2n) is 9.08. The minimum absolute atomic E-state index is 0.0853. The quantitative estimate of drug-likeness (QED) is 0.272. The van der Waals surface area contributed by atoms with Crippen LogP contribution in [0.25, 0.3) is 10.9 Å². The van der Waals surface area contributed by atoms with E-state index in [1.165, 1.54) is 0 Å². The van der Waals surface area contributed by atoms with Gasteiger partial charge in [0.2, 0.25) is 0 Å². The van der Waals surface area contributed by atoms with E-state index in [2.05, 4.69) is 14.9 Å². The molecule has 4 rings (SSSR count). The van der Waals surface area contributed by atoms with Crippen molar-refractivity contribution in [2.24, 2.45) is 11.8 Å². The molecule has 1 aromatic carbocycles. The number of ether oxygens (including phenoxy) is 1. The van der Waals surface area contributed by atoms with Crippen molar-refractivity contribution in [3.8, 4) is 5.75 Å². The summed E-state index contributed by atoms with van der Waals surface area (Å²) in [6.07, 6.45) is 7.80. The smallest absolute Gasteiger partial charge is 0.303 e. The number of carbonyl (C=O) groups is 1. The Morgan fingerprint density at radius 2 is 2.17 bits per heavy atom. The molecule has 0 spiro atoms. The SMILES string of the molecule is COc1ccc2nccc([C@H](O)CC[C@@H]3CCN(CCCSc4ncco4)C[C@@H]3CC(=O)O)c2c1. The van der Waals surface area contributed by atoms with Gasteiger partial charge in [0.05, 0.1) is 24.9 Å². The normalized spacial score (nSPS) is 19.6. The van der Waals surface area contributed by atoms with Gasteiger partial charge in [-0.15, -0.1) is 0 Å². The Balaban J connectivity index is 1.32. The predicted molar refractivity (Wildman–Crippen MR) is 135 cm³/mol. The summed E-state index contributed by atoms with van der Waals surface area (Å²) in [7, 11) is 1.62. The van der Waals surface area contributed by atoms with Gasteiger partial charge < -0.3 is 24.3 Å². The fraction of sp³-hybridized carbons (Fsp3) is 0.500. The number of aromatic nitrogens is 2. The zero-order valence-corrected chi connectivity index (χ0v) is 20.8. The molecule has 1 saturated heterocycles. The van der Waals surface area contributed by atoms with Gasteiger partial charge in [-0.2, -0.15) is 0 Å². The highest BCUT2D eigenvalue weighted by atomic mass is 32.2. The molecule has 2 aromatic heterocycles. The highest BCUT2D eigenvalue weighted by Crippen LogP contribution is 2.35. The fourth-order valence-electron chi connectivity index (χ4n) is 5.02. The van der Waals surface area contributed by atoms with E-state index >= 15 is 0 Å². The van der Waals surface area contributed by atoms with Crippen molar-refractivity contribution in [3.05, 3.63) is 48.5 Å². The monoisotopic (exact) mass is 499 g/mol. The highest BCUT2D eigenvalue weighted by Gasteiger charge is 2.31. The molecule has 8 nitrogen and oxygen atoms in total. The Morgan fingerprint density at radius 3 is 2.94 bits per heavy atom. The number of methoxy groups -OCH3 is 1. The van der Waals surface area contributed by atoms with E-state index in [0.29, 0.717) is 11.6 Å². The number of fused-ring (bicyclic) bond motifs is 1. The van der Waals surface area contributed by atoms with Crippen LogP contribution in [0, 0.1) is 11.8 Å². The number of nitrogens with zero attached hydrogens (tertiary/aromatic N) is 3. The Bertz CT molecular complexity index is 1090. The lowest BCUT2D eigenvalue weighted by Crippen LogP contribution is -2.42. The van der Waals surface area contributed by atoms with E-state index in [4.69, 9.17) is 9.15 Å². The molecule has 1 aliphatic heterocycles. The van der Waals surface area contributed by atoms with Crippen molar-refractivity contribution >= 4 is 28.6 Å². The number of hydrogen-bond donors (Lipinski definition) is 2. The van der Waals surface area contributed by atoms with Gasteiger partial charge in [-0.1, -0.05) is 11.8 Å². The number of benzene rings is 1. The lowest BCUT2D eigenvalue weighted by molar-refractivity contribution is -0.139. The summed E-state index contributed by atoms with van der Waals surface area (Å²) in [6.45, 7) is 2.67. The van der Waals surface area contributed by atoms with Crippen LogP contribution in [-0.2, 0) is 4.79 Å². The van der Waals surface area contributed by atoms with Crippen LogP contribution in [0.2, 0.25) is 0 Å². The number of carboxylic acid groups (broad SMARTS) is 1. The average Bonchev–Trinajstić information content (AvgIpc) is 3.38. The molecule has 3 heterocycles. The summed E-state index contributed by atoms with van der Waals surface area (Å²) < 4.78 is 10.6. The van der Waals surface area contributed by atoms with Crippen LogP contribution in [0.3, 0.4) is 0 Å². The number of pyridine rings is 1. The van der Waals surface area contributed by atoms with Crippen LogP contribution in [0.15, 0.2) is 52.6 Å². The number of oxazole rings is 1. The lowest BCUT2D eigenvalue weighted by atomic mass is 9.79. The highest BCUT2D eigenvalue weighted by molar-refractivity contribution is 7.99. The summed E-state index contributed by atoms with van der Waals surface area (Å²) in [5.74, 6) is 1.25. The number of hydrogen-bond acceptors (Lipinski definition) is 8. The lowest BCUT2D eigenvalue weighted by Gasteiger charge is -2.38. The number of aliphatic carboxylic acids is 1. The zero-order chi connectivity index (χ0) is 24.6. The Morgan fingerprint density at radius 1 is 1.29 bits per heavy atom. The molecule has 9 heteroatoms. The molecule has 2 N–H and O–H groups in total. The summed E-state index contributed by atoms with van der Waals surface area (Å²) in [5, 5.41) is 22.1. The number of carboxylic acids is 1. The number of piperidine rings is 1. The minimum atomic E-state index is -0.755. The summed E-state index contributed by atoms with van der Waals surface area (Å²) in [4.78, 5) is 22.5. The standard InChI is InChI=1S/C26H33N3O5S/c1-33-20-4-5-23-22(16-20)21(7-9-27-23)24(30)6-3-18-8-12-29(17-19(18)15-25(31)32)11-2-14-35-26-28-10-13-34-26/h4-5,7,9-10,13,16,18-19,24,30H,2-3,6,8,11-12,14-15,17H2,1H3,(H,31,32)/t18-,19+,24-/m1/s1.